The van der Waals surface area contributed by atoms with Crippen molar-refractivity contribution in [1.82, 2.24) is 0 Å². The lowest BCUT2D eigenvalue weighted by Gasteiger charge is -2.41. The van der Waals surface area contributed by atoms with Gasteiger partial charge < -0.3 is 4.90 Å². The average molecular weight is 240 g/mol. The number of benzene rings is 1. The molecule has 0 aliphatic carbocycles. The SMILES string of the molecule is Cc1cc(Br)cc(N2CCC2C)c1. The van der Waals surface area contributed by atoms with Gasteiger partial charge in [-0.1, -0.05) is 15.9 Å². The Morgan fingerprint density at radius 1 is 1.38 bits per heavy atom. The maximum atomic E-state index is 3.53. The summed E-state index contributed by atoms with van der Waals surface area (Å²) in [6.45, 7) is 5.62. The molecular formula is C11H14BrN. The molecule has 0 saturated carbocycles. The Hall–Kier alpha value is -0.500. The minimum absolute atomic E-state index is 0.716. The highest BCUT2D eigenvalue weighted by Crippen LogP contribution is 2.29. The lowest BCUT2D eigenvalue weighted by molar-refractivity contribution is 0.481. The third-order valence-electron chi connectivity index (χ3n) is 2.68. The Morgan fingerprint density at radius 3 is 2.62 bits per heavy atom. The molecule has 0 radical (unpaired) electrons. The van der Waals surface area contributed by atoms with Gasteiger partial charge in [-0.3, -0.25) is 0 Å². The molecule has 1 saturated heterocycles. The topological polar surface area (TPSA) is 3.24 Å². The first-order valence-electron chi connectivity index (χ1n) is 4.70. The van der Waals surface area contributed by atoms with Crippen molar-refractivity contribution in [2.24, 2.45) is 0 Å². The zero-order valence-electron chi connectivity index (χ0n) is 8.05. The number of anilines is 1. The highest BCUT2D eigenvalue weighted by atomic mass is 79.9. The Bertz CT molecular complexity index is 302. The highest BCUT2D eigenvalue weighted by molar-refractivity contribution is 9.10. The molecule has 1 aliphatic rings. The quantitative estimate of drug-likeness (QED) is 0.727. The predicted molar refractivity (Wildman–Crippen MR) is 60.3 cm³/mol. The van der Waals surface area contributed by atoms with Crippen LogP contribution in [0.4, 0.5) is 5.69 Å². The van der Waals surface area contributed by atoms with E-state index in [1.54, 1.807) is 0 Å². The van der Waals surface area contributed by atoms with Crippen molar-refractivity contribution in [3.8, 4) is 0 Å². The molecule has 0 N–H and O–H groups in total. The van der Waals surface area contributed by atoms with Crippen LogP contribution in [0.25, 0.3) is 0 Å². The van der Waals surface area contributed by atoms with Crippen LogP contribution in [0.1, 0.15) is 18.9 Å². The fourth-order valence-electron chi connectivity index (χ4n) is 1.78. The zero-order chi connectivity index (χ0) is 9.42. The summed E-state index contributed by atoms with van der Waals surface area (Å²) in [7, 11) is 0. The summed E-state index contributed by atoms with van der Waals surface area (Å²) in [6.07, 6.45) is 1.32. The van der Waals surface area contributed by atoms with E-state index in [1.807, 2.05) is 0 Å². The van der Waals surface area contributed by atoms with E-state index in [4.69, 9.17) is 0 Å². The molecule has 1 atom stereocenters. The molecule has 70 valence electrons. The first-order valence-corrected chi connectivity index (χ1v) is 5.50. The normalized spacial score (nSPS) is 21.5. The zero-order valence-corrected chi connectivity index (χ0v) is 9.63. The standard InChI is InChI=1S/C11H14BrN/c1-8-5-10(12)7-11(6-8)13-4-3-9(13)2/h5-7,9H,3-4H2,1-2H3. The molecule has 0 amide bonds. The molecule has 1 fully saturated rings. The van der Waals surface area contributed by atoms with Gasteiger partial charge >= 0.3 is 0 Å². The van der Waals surface area contributed by atoms with Crippen molar-refractivity contribution in [2.45, 2.75) is 26.3 Å². The maximum absolute atomic E-state index is 3.53. The van der Waals surface area contributed by atoms with Crippen LogP contribution in [0.15, 0.2) is 22.7 Å². The molecule has 0 spiro atoms. The average Bonchev–Trinajstić information content (AvgIpc) is 1.99. The summed E-state index contributed by atoms with van der Waals surface area (Å²) >= 11 is 3.53. The van der Waals surface area contributed by atoms with E-state index in [0.29, 0.717) is 6.04 Å². The van der Waals surface area contributed by atoms with Gasteiger partial charge in [0.05, 0.1) is 0 Å². The van der Waals surface area contributed by atoms with Gasteiger partial charge in [0.25, 0.3) is 0 Å². The van der Waals surface area contributed by atoms with Crippen molar-refractivity contribution < 1.29 is 0 Å². The van der Waals surface area contributed by atoms with E-state index in [9.17, 15) is 0 Å². The number of hydrogen-bond acceptors (Lipinski definition) is 1. The Kier molecular flexibility index (Phi) is 2.33. The van der Waals surface area contributed by atoms with Crippen LogP contribution in [0.5, 0.6) is 0 Å². The van der Waals surface area contributed by atoms with E-state index in [2.05, 4.69) is 52.9 Å². The molecule has 1 nitrogen and oxygen atoms in total. The van der Waals surface area contributed by atoms with E-state index >= 15 is 0 Å². The first kappa shape index (κ1) is 9.07. The second-order valence-electron chi connectivity index (χ2n) is 3.82. The summed E-state index contributed by atoms with van der Waals surface area (Å²) in [6, 6.07) is 7.31. The van der Waals surface area contributed by atoms with Crippen molar-refractivity contribution in [3.05, 3.63) is 28.2 Å². The first-order chi connectivity index (χ1) is 6.16. The van der Waals surface area contributed by atoms with Crippen LogP contribution in [0, 0.1) is 6.92 Å². The number of nitrogens with zero attached hydrogens (tertiary/aromatic N) is 1. The predicted octanol–water partition coefficient (Wildman–Crippen LogP) is 3.36. The molecule has 1 heterocycles. The van der Waals surface area contributed by atoms with Gasteiger partial charge in [0.2, 0.25) is 0 Å². The molecule has 13 heavy (non-hydrogen) atoms. The van der Waals surface area contributed by atoms with Gasteiger partial charge in [0, 0.05) is 22.7 Å². The monoisotopic (exact) mass is 239 g/mol. The number of halogens is 1. The van der Waals surface area contributed by atoms with Crippen molar-refractivity contribution >= 4 is 21.6 Å². The van der Waals surface area contributed by atoms with Gasteiger partial charge in [0.15, 0.2) is 0 Å². The number of hydrogen-bond donors (Lipinski definition) is 0. The van der Waals surface area contributed by atoms with Crippen LogP contribution in [0.2, 0.25) is 0 Å². The smallest absolute Gasteiger partial charge is 0.0382 e. The molecule has 0 bridgehead atoms. The molecule has 2 heteroatoms. The van der Waals surface area contributed by atoms with Crippen LogP contribution < -0.4 is 4.90 Å². The highest BCUT2D eigenvalue weighted by Gasteiger charge is 2.23. The van der Waals surface area contributed by atoms with Gasteiger partial charge in [-0.25, -0.2) is 0 Å². The van der Waals surface area contributed by atoms with E-state index < -0.39 is 0 Å². The second-order valence-corrected chi connectivity index (χ2v) is 4.73. The molecule has 1 aliphatic heterocycles. The maximum Gasteiger partial charge on any atom is 0.0382 e. The Labute approximate surface area is 87.9 Å². The fraction of sp³-hybridized carbons (Fsp3) is 0.455. The van der Waals surface area contributed by atoms with Crippen LogP contribution >= 0.6 is 15.9 Å². The summed E-state index contributed by atoms with van der Waals surface area (Å²) < 4.78 is 1.18. The lowest BCUT2D eigenvalue weighted by atomic mass is 10.0. The number of aryl methyl sites for hydroxylation is 1. The minimum atomic E-state index is 0.716. The Balaban J connectivity index is 2.29. The molecular weight excluding hydrogens is 226 g/mol. The van der Waals surface area contributed by atoms with Crippen LogP contribution in [-0.4, -0.2) is 12.6 Å². The molecule has 2 rings (SSSR count). The van der Waals surface area contributed by atoms with Gasteiger partial charge in [-0.2, -0.15) is 0 Å². The molecule has 1 aromatic carbocycles. The largest absolute Gasteiger partial charge is 0.369 e. The van der Waals surface area contributed by atoms with Gasteiger partial charge in [0.1, 0.15) is 0 Å². The molecule has 1 unspecified atom stereocenters. The Morgan fingerprint density at radius 2 is 2.15 bits per heavy atom. The van der Waals surface area contributed by atoms with Crippen molar-refractivity contribution in [2.75, 3.05) is 11.4 Å². The summed E-state index contributed by atoms with van der Waals surface area (Å²) in [5.74, 6) is 0. The molecule has 0 aromatic heterocycles. The fourth-order valence-corrected chi connectivity index (χ4v) is 2.38. The van der Waals surface area contributed by atoms with Gasteiger partial charge in [-0.05, 0) is 44.0 Å². The van der Waals surface area contributed by atoms with E-state index in [-0.39, 0.29) is 0 Å². The van der Waals surface area contributed by atoms with Crippen LogP contribution in [-0.2, 0) is 0 Å². The van der Waals surface area contributed by atoms with E-state index in [0.717, 1.165) is 0 Å². The second kappa shape index (κ2) is 3.33. The van der Waals surface area contributed by atoms with Gasteiger partial charge in [-0.15, -0.1) is 0 Å². The van der Waals surface area contributed by atoms with Crippen molar-refractivity contribution in [3.63, 3.8) is 0 Å². The third kappa shape index (κ3) is 1.73. The summed E-state index contributed by atoms with van der Waals surface area (Å²) in [4.78, 5) is 2.44. The van der Waals surface area contributed by atoms with Crippen molar-refractivity contribution in [1.29, 1.82) is 0 Å². The number of rotatable bonds is 1. The lowest BCUT2D eigenvalue weighted by Crippen LogP contribution is -2.45. The summed E-state index contributed by atoms with van der Waals surface area (Å²) in [5.41, 5.74) is 2.68. The summed E-state index contributed by atoms with van der Waals surface area (Å²) in [5, 5.41) is 0. The van der Waals surface area contributed by atoms with E-state index in [1.165, 1.54) is 28.7 Å². The third-order valence-corrected chi connectivity index (χ3v) is 3.14. The molecule has 1 aromatic rings. The van der Waals surface area contributed by atoms with Crippen LogP contribution in [0.3, 0.4) is 0 Å². The minimum Gasteiger partial charge on any atom is -0.369 e.